The van der Waals surface area contributed by atoms with Crippen LogP contribution in [0.3, 0.4) is 0 Å². The van der Waals surface area contributed by atoms with Crippen LogP contribution in [-0.2, 0) is 0 Å². The summed E-state index contributed by atoms with van der Waals surface area (Å²) in [7, 11) is 0. The van der Waals surface area contributed by atoms with Gasteiger partial charge >= 0.3 is 0 Å². The van der Waals surface area contributed by atoms with E-state index in [9.17, 15) is 0 Å². The standard InChI is InChI=1S/C16H31I/c1-2-3-4-5-6-7-8-9-10-11-12-13-14-15-16-17/h15-16H,2-14H2,1H3/b16-15-. The third-order valence-corrected chi connectivity index (χ3v) is 3.82. The highest BCUT2D eigenvalue weighted by molar-refractivity contribution is 14.1. The van der Waals surface area contributed by atoms with Gasteiger partial charge in [0.1, 0.15) is 0 Å². The molecule has 0 bridgehead atoms. The molecule has 0 aliphatic rings. The monoisotopic (exact) mass is 350 g/mol. The Hall–Kier alpha value is 0.470. The van der Waals surface area contributed by atoms with Gasteiger partial charge in [-0.2, -0.15) is 0 Å². The minimum Gasteiger partial charge on any atom is -0.0785 e. The van der Waals surface area contributed by atoms with E-state index < -0.39 is 0 Å². The summed E-state index contributed by atoms with van der Waals surface area (Å²) in [6.45, 7) is 2.29. The zero-order valence-corrected chi connectivity index (χ0v) is 13.9. The molecule has 0 heterocycles. The van der Waals surface area contributed by atoms with Crippen LogP contribution in [0.2, 0.25) is 0 Å². The lowest BCUT2D eigenvalue weighted by molar-refractivity contribution is 0.545. The molecule has 0 spiro atoms. The Morgan fingerprint density at radius 3 is 1.47 bits per heavy atom. The molecule has 0 aliphatic heterocycles. The normalized spacial score (nSPS) is 11.4. The van der Waals surface area contributed by atoms with Crippen molar-refractivity contribution in [2.75, 3.05) is 0 Å². The zero-order chi connectivity index (χ0) is 12.6. The molecule has 0 unspecified atom stereocenters. The van der Waals surface area contributed by atoms with Crippen molar-refractivity contribution in [3.05, 3.63) is 10.2 Å². The summed E-state index contributed by atoms with van der Waals surface area (Å²) >= 11 is 2.30. The van der Waals surface area contributed by atoms with E-state index in [-0.39, 0.29) is 0 Å². The molecule has 0 fully saturated rings. The quantitative estimate of drug-likeness (QED) is 0.247. The lowest BCUT2D eigenvalue weighted by Gasteiger charge is -2.02. The summed E-state index contributed by atoms with van der Waals surface area (Å²) < 4.78 is 2.14. The molecule has 0 amide bonds. The van der Waals surface area contributed by atoms with Crippen LogP contribution < -0.4 is 0 Å². The Labute approximate surface area is 123 Å². The van der Waals surface area contributed by atoms with Gasteiger partial charge in [0, 0.05) is 0 Å². The van der Waals surface area contributed by atoms with Crippen LogP contribution in [0.25, 0.3) is 0 Å². The van der Waals surface area contributed by atoms with Crippen molar-refractivity contribution in [3.8, 4) is 0 Å². The molecule has 0 aromatic rings. The van der Waals surface area contributed by atoms with Gasteiger partial charge in [-0.25, -0.2) is 0 Å². The van der Waals surface area contributed by atoms with Crippen molar-refractivity contribution in [2.24, 2.45) is 0 Å². The fourth-order valence-corrected chi connectivity index (χ4v) is 2.53. The molecule has 0 nitrogen and oxygen atoms in total. The van der Waals surface area contributed by atoms with Gasteiger partial charge in [0.2, 0.25) is 0 Å². The number of unbranched alkanes of at least 4 members (excludes halogenated alkanes) is 12. The summed E-state index contributed by atoms with van der Waals surface area (Å²) in [4.78, 5) is 0. The lowest BCUT2D eigenvalue weighted by Crippen LogP contribution is -1.82. The molecule has 0 aliphatic carbocycles. The first kappa shape index (κ1) is 17.5. The van der Waals surface area contributed by atoms with Gasteiger partial charge in [-0.15, -0.1) is 0 Å². The molecule has 0 N–H and O–H groups in total. The second-order valence-electron chi connectivity index (χ2n) is 5.04. The summed E-state index contributed by atoms with van der Waals surface area (Å²) in [6.07, 6.45) is 20.9. The summed E-state index contributed by atoms with van der Waals surface area (Å²) in [5.74, 6) is 0. The van der Waals surface area contributed by atoms with Crippen LogP contribution in [0.15, 0.2) is 10.2 Å². The molecule has 102 valence electrons. The average molecular weight is 350 g/mol. The fourth-order valence-electron chi connectivity index (χ4n) is 2.17. The second-order valence-corrected chi connectivity index (χ2v) is 5.76. The third-order valence-electron chi connectivity index (χ3n) is 3.31. The van der Waals surface area contributed by atoms with E-state index in [2.05, 4.69) is 39.7 Å². The molecule has 0 saturated heterocycles. The second kappa shape index (κ2) is 16.5. The van der Waals surface area contributed by atoms with Crippen LogP contribution >= 0.6 is 22.6 Å². The number of rotatable bonds is 13. The maximum Gasteiger partial charge on any atom is -0.0274 e. The smallest absolute Gasteiger partial charge is 0.0274 e. The van der Waals surface area contributed by atoms with Gasteiger partial charge in [0.15, 0.2) is 0 Å². The maximum absolute atomic E-state index is 2.30. The van der Waals surface area contributed by atoms with Crippen LogP contribution in [0.4, 0.5) is 0 Å². The number of hydrogen-bond acceptors (Lipinski definition) is 0. The van der Waals surface area contributed by atoms with Crippen molar-refractivity contribution in [2.45, 2.75) is 90.4 Å². The van der Waals surface area contributed by atoms with Crippen LogP contribution in [0.1, 0.15) is 90.4 Å². The first-order valence-electron chi connectivity index (χ1n) is 7.67. The lowest BCUT2D eigenvalue weighted by atomic mass is 10.0. The van der Waals surface area contributed by atoms with Gasteiger partial charge in [-0.1, -0.05) is 106 Å². The maximum atomic E-state index is 2.30. The van der Waals surface area contributed by atoms with Gasteiger partial charge in [0.05, 0.1) is 0 Å². The predicted octanol–water partition coefficient (Wildman–Crippen LogP) is 7.03. The largest absolute Gasteiger partial charge is 0.0785 e. The van der Waals surface area contributed by atoms with Crippen molar-refractivity contribution in [1.82, 2.24) is 0 Å². The fraction of sp³-hybridized carbons (Fsp3) is 0.875. The van der Waals surface area contributed by atoms with Crippen molar-refractivity contribution < 1.29 is 0 Å². The highest BCUT2D eigenvalue weighted by atomic mass is 127. The Morgan fingerprint density at radius 1 is 0.647 bits per heavy atom. The van der Waals surface area contributed by atoms with E-state index in [1.54, 1.807) is 0 Å². The van der Waals surface area contributed by atoms with Crippen LogP contribution in [0.5, 0.6) is 0 Å². The van der Waals surface area contributed by atoms with Gasteiger partial charge in [-0.05, 0) is 16.9 Å². The van der Waals surface area contributed by atoms with E-state index in [0.717, 1.165) is 0 Å². The first-order valence-corrected chi connectivity index (χ1v) is 8.91. The molecule has 0 rings (SSSR count). The summed E-state index contributed by atoms with van der Waals surface area (Å²) in [6, 6.07) is 0. The van der Waals surface area contributed by atoms with E-state index in [0.29, 0.717) is 0 Å². The number of allylic oxidation sites excluding steroid dienone is 1. The molecule has 0 aromatic carbocycles. The Balaban J connectivity index is 2.89. The van der Waals surface area contributed by atoms with Crippen molar-refractivity contribution in [1.29, 1.82) is 0 Å². The average Bonchev–Trinajstić information content (AvgIpc) is 2.35. The van der Waals surface area contributed by atoms with Gasteiger partial charge < -0.3 is 0 Å². The highest BCUT2D eigenvalue weighted by Crippen LogP contribution is 2.12. The van der Waals surface area contributed by atoms with E-state index in [1.165, 1.54) is 83.5 Å². The minimum atomic E-state index is 1.28. The molecule has 17 heavy (non-hydrogen) atoms. The number of halogens is 1. The number of hydrogen-bond donors (Lipinski definition) is 0. The topological polar surface area (TPSA) is 0 Å². The minimum absolute atomic E-state index is 1.28. The Bertz CT molecular complexity index is 152. The molecule has 0 saturated carbocycles. The Morgan fingerprint density at radius 2 is 1.06 bits per heavy atom. The van der Waals surface area contributed by atoms with Crippen LogP contribution in [-0.4, -0.2) is 0 Å². The molecular formula is C16H31I. The van der Waals surface area contributed by atoms with E-state index in [4.69, 9.17) is 0 Å². The van der Waals surface area contributed by atoms with Crippen molar-refractivity contribution >= 4 is 22.6 Å². The third kappa shape index (κ3) is 16.5. The summed E-state index contributed by atoms with van der Waals surface area (Å²) in [5.41, 5.74) is 0. The van der Waals surface area contributed by atoms with E-state index in [1.807, 2.05) is 0 Å². The SMILES string of the molecule is CCCCCCCCCCCCCC/C=C\I. The molecule has 1 heteroatoms. The molecule has 0 atom stereocenters. The van der Waals surface area contributed by atoms with Gasteiger partial charge in [-0.3, -0.25) is 0 Å². The molecule has 0 aromatic heterocycles. The summed E-state index contributed by atoms with van der Waals surface area (Å²) in [5, 5.41) is 0. The van der Waals surface area contributed by atoms with Gasteiger partial charge in [0.25, 0.3) is 0 Å². The van der Waals surface area contributed by atoms with Crippen LogP contribution in [0, 0.1) is 0 Å². The zero-order valence-electron chi connectivity index (χ0n) is 11.7. The highest BCUT2D eigenvalue weighted by Gasteiger charge is 1.92. The van der Waals surface area contributed by atoms with E-state index >= 15 is 0 Å². The first-order chi connectivity index (χ1) is 8.41. The Kier molecular flexibility index (Phi) is 16.9. The van der Waals surface area contributed by atoms with Crippen molar-refractivity contribution in [3.63, 3.8) is 0 Å². The molecule has 0 radical (unpaired) electrons. The predicted molar refractivity (Wildman–Crippen MR) is 88.9 cm³/mol. The molecular weight excluding hydrogens is 319 g/mol.